The standard InChI is InChI=1S/C9H13N3O3S/c1-9(2,3)15-8(14)12-11-7(13)6-4-10-5-16-6/h4-5H,1-3H3,(H,11,13)(H,12,14). The normalized spacial score (nSPS) is 10.7. The van der Waals surface area contributed by atoms with E-state index >= 15 is 0 Å². The number of hydrogen-bond donors (Lipinski definition) is 2. The third kappa shape index (κ3) is 4.26. The smallest absolute Gasteiger partial charge is 0.426 e. The van der Waals surface area contributed by atoms with Gasteiger partial charge in [-0.05, 0) is 20.8 Å². The van der Waals surface area contributed by atoms with E-state index in [1.165, 1.54) is 23.0 Å². The number of hydrazine groups is 1. The van der Waals surface area contributed by atoms with Crippen molar-refractivity contribution in [2.75, 3.05) is 0 Å². The Morgan fingerprint density at radius 1 is 1.38 bits per heavy atom. The van der Waals surface area contributed by atoms with E-state index in [-0.39, 0.29) is 0 Å². The Balaban J connectivity index is 2.35. The third-order valence-electron chi connectivity index (χ3n) is 1.33. The van der Waals surface area contributed by atoms with Crippen LogP contribution < -0.4 is 10.9 Å². The predicted molar refractivity (Wildman–Crippen MR) is 58.9 cm³/mol. The number of aromatic nitrogens is 1. The lowest BCUT2D eigenvalue weighted by Crippen LogP contribution is -2.44. The molecule has 2 N–H and O–H groups in total. The molecule has 0 aliphatic heterocycles. The minimum atomic E-state index is -0.703. The van der Waals surface area contributed by atoms with Crippen LogP contribution in [0.4, 0.5) is 4.79 Å². The van der Waals surface area contributed by atoms with Gasteiger partial charge in [0.15, 0.2) is 0 Å². The molecule has 0 radical (unpaired) electrons. The fraction of sp³-hybridized carbons (Fsp3) is 0.444. The summed E-state index contributed by atoms with van der Waals surface area (Å²) in [6.45, 7) is 5.20. The number of carbonyl (C=O) groups excluding carboxylic acids is 2. The molecule has 6 nitrogen and oxygen atoms in total. The van der Waals surface area contributed by atoms with E-state index < -0.39 is 17.6 Å². The van der Waals surface area contributed by atoms with Crippen LogP contribution in [-0.2, 0) is 4.74 Å². The van der Waals surface area contributed by atoms with Crippen LogP contribution in [0.15, 0.2) is 11.7 Å². The number of carbonyl (C=O) groups is 2. The quantitative estimate of drug-likeness (QED) is 0.729. The van der Waals surface area contributed by atoms with Crippen molar-refractivity contribution in [1.82, 2.24) is 15.8 Å². The van der Waals surface area contributed by atoms with Crippen LogP contribution in [0.5, 0.6) is 0 Å². The first-order valence-corrected chi connectivity index (χ1v) is 5.44. The van der Waals surface area contributed by atoms with E-state index in [1.54, 1.807) is 20.8 Å². The molecule has 0 aromatic carbocycles. The maximum atomic E-state index is 11.4. The molecule has 0 bridgehead atoms. The van der Waals surface area contributed by atoms with Crippen LogP contribution in [0.3, 0.4) is 0 Å². The molecule has 0 spiro atoms. The first-order valence-electron chi connectivity index (χ1n) is 4.56. The molecule has 0 aliphatic carbocycles. The van der Waals surface area contributed by atoms with E-state index in [0.29, 0.717) is 4.88 Å². The lowest BCUT2D eigenvalue weighted by atomic mass is 10.2. The van der Waals surface area contributed by atoms with Crippen molar-refractivity contribution in [3.05, 3.63) is 16.6 Å². The molecule has 0 saturated heterocycles. The highest BCUT2D eigenvalue weighted by Gasteiger charge is 2.16. The average molecular weight is 243 g/mol. The van der Waals surface area contributed by atoms with Crippen LogP contribution in [0.25, 0.3) is 0 Å². The number of ether oxygens (including phenoxy) is 1. The van der Waals surface area contributed by atoms with Crippen molar-refractivity contribution in [3.63, 3.8) is 0 Å². The summed E-state index contributed by atoms with van der Waals surface area (Å²) in [6.07, 6.45) is 0.710. The summed E-state index contributed by atoms with van der Waals surface area (Å²) < 4.78 is 4.93. The topological polar surface area (TPSA) is 80.3 Å². The molecule has 0 saturated carbocycles. The maximum absolute atomic E-state index is 11.4. The number of nitrogens with one attached hydrogen (secondary N) is 2. The maximum Gasteiger partial charge on any atom is 0.426 e. The SMILES string of the molecule is CC(C)(C)OC(=O)NNC(=O)c1cncs1. The number of thiazole rings is 1. The van der Waals surface area contributed by atoms with Gasteiger partial charge in [0.2, 0.25) is 0 Å². The van der Waals surface area contributed by atoms with Crippen LogP contribution in [0.1, 0.15) is 30.4 Å². The lowest BCUT2D eigenvalue weighted by molar-refractivity contribution is 0.0484. The van der Waals surface area contributed by atoms with Crippen molar-refractivity contribution in [2.24, 2.45) is 0 Å². The van der Waals surface area contributed by atoms with Crippen molar-refractivity contribution in [3.8, 4) is 0 Å². The van der Waals surface area contributed by atoms with E-state index in [2.05, 4.69) is 15.8 Å². The zero-order chi connectivity index (χ0) is 12.2. The third-order valence-corrected chi connectivity index (χ3v) is 2.10. The molecule has 88 valence electrons. The number of amides is 2. The second-order valence-electron chi connectivity index (χ2n) is 3.95. The van der Waals surface area contributed by atoms with Crippen molar-refractivity contribution in [1.29, 1.82) is 0 Å². The summed E-state index contributed by atoms with van der Waals surface area (Å²) in [5, 5.41) is 0. The van der Waals surface area contributed by atoms with E-state index in [9.17, 15) is 9.59 Å². The molecule has 16 heavy (non-hydrogen) atoms. The van der Waals surface area contributed by atoms with Gasteiger partial charge in [-0.3, -0.25) is 15.2 Å². The molecule has 2 amide bonds. The van der Waals surface area contributed by atoms with Gasteiger partial charge >= 0.3 is 6.09 Å². The second-order valence-corrected chi connectivity index (χ2v) is 4.83. The van der Waals surface area contributed by atoms with Gasteiger partial charge in [0.05, 0.1) is 11.7 Å². The largest absolute Gasteiger partial charge is 0.443 e. The fourth-order valence-corrected chi connectivity index (χ4v) is 1.32. The minimum Gasteiger partial charge on any atom is -0.443 e. The monoisotopic (exact) mass is 243 g/mol. The molecular formula is C9H13N3O3S. The molecule has 1 rings (SSSR count). The van der Waals surface area contributed by atoms with Gasteiger partial charge in [0.1, 0.15) is 10.5 Å². The van der Waals surface area contributed by atoms with Crippen LogP contribution in [0.2, 0.25) is 0 Å². The van der Waals surface area contributed by atoms with Crippen molar-refractivity contribution >= 4 is 23.3 Å². The van der Waals surface area contributed by atoms with E-state index in [1.807, 2.05) is 0 Å². The summed E-state index contributed by atoms with van der Waals surface area (Å²) in [6, 6.07) is 0. The van der Waals surface area contributed by atoms with Gasteiger partial charge in [-0.1, -0.05) is 0 Å². The second kappa shape index (κ2) is 4.93. The van der Waals surface area contributed by atoms with Crippen LogP contribution in [-0.4, -0.2) is 22.6 Å². The van der Waals surface area contributed by atoms with Gasteiger partial charge in [-0.25, -0.2) is 10.2 Å². The van der Waals surface area contributed by atoms with Crippen molar-refractivity contribution < 1.29 is 14.3 Å². The first kappa shape index (κ1) is 12.4. The highest BCUT2D eigenvalue weighted by atomic mass is 32.1. The first-order chi connectivity index (χ1) is 7.38. The molecular weight excluding hydrogens is 230 g/mol. The zero-order valence-corrected chi connectivity index (χ0v) is 10.1. The Labute approximate surface area is 97.0 Å². The van der Waals surface area contributed by atoms with E-state index in [0.717, 1.165) is 0 Å². The summed E-state index contributed by atoms with van der Waals surface area (Å²) in [4.78, 5) is 26.7. The Kier molecular flexibility index (Phi) is 3.83. The molecule has 0 unspecified atom stereocenters. The molecule has 0 aliphatic rings. The summed E-state index contributed by atoms with van der Waals surface area (Å²) >= 11 is 1.18. The lowest BCUT2D eigenvalue weighted by Gasteiger charge is -2.19. The van der Waals surface area contributed by atoms with Crippen molar-refractivity contribution in [2.45, 2.75) is 26.4 Å². The van der Waals surface area contributed by atoms with Gasteiger partial charge in [0, 0.05) is 0 Å². The summed E-state index contributed by atoms with van der Waals surface area (Å²) in [7, 11) is 0. The van der Waals surface area contributed by atoms with Gasteiger partial charge < -0.3 is 4.74 Å². The average Bonchev–Trinajstić information content (AvgIpc) is 2.64. The Hall–Kier alpha value is -1.63. The highest BCUT2D eigenvalue weighted by Crippen LogP contribution is 2.06. The minimum absolute atomic E-state index is 0.413. The van der Waals surface area contributed by atoms with Gasteiger partial charge in [-0.15, -0.1) is 11.3 Å². The highest BCUT2D eigenvalue weighted by molar-refractivity contribution is 7.11. The van der Waals surface area contributed by atoms with Gasteiger partial charge in [-0.2, -0.15) is 0 Å². The Bertz CT molecular complexity index is 370. The fourth-order valence-electron chi connectivity index (χ4n) is 0.801. The summed E-state index contributed by atoms with van der Waals surface area (Å²) in [5.41, 5.74) is 5.29. The Morgan fingerprint density at radius 3 is 2.56 bits per heavy atom. The van der Waals surface area contributed by atoms with Crippen LogP contribution in [0, 0.1) is 0 Å². The van der Waals surface area contributed by atoms with Crippen LogP contribution >= 0.6 is 11.3 Å². The molecule has 1 heterocycles. The zero-order valence-electron chi connectivity index (χ0n) is 9.23. The van der Waals surface area contributed by atoms with Gasteiger partial charge in [0.25, 0.3) is 5.91 Å². The Morgan fingerprint density at radius 2 is 2.06 bits per heavy atom. The molecule has 1 aromatic heterocycles. The van der Waals surface area contributed by atoms with E-state index in [4.69, 9.17) is 4.74 Å². The molecule has 0 fully saturated rings. The predicted octanol–water partition coefficient (Wildman–Crippen LogP) is 1.31. The summed E-state index contributed by atoms with van der Waals surface area (Å²) in [5.74, 6) is -0.423. The number of hydrogen-bond acceptors (Lipinski definition) is 5. The molecule has 1 aromatic rings. The molecule has 0 atom stereocenters. The number of rotatable bonds is 1. The molecule has 7 heteroatoms. The number of nitrogens with zero attached hydrogens (tertiary/aromatic N) is 1.